The van der Waals surface area contributed by atoms with Crippen LogP contribution in [0.15, 0.2) is 6.20 Å². The van der Waals surface area contributed by atoms with E-state index < -0.39 is 5.54 Å². The first kappa shape index (κ1) is 10.6. The van der Waals surface area contributed by atoms with Crippen LogP contribution in [0.25, 0.3) is 0 Å². The third kappa shape index (κ3) is 2.47. The monoisotopic (exact) mass is 201 g/mol. The summed E-state index contributed by atoms with van der Waals surface area (Å²) in [6, 6.07) is -0.280. The fourth-order valence-corrected chi connectivity index (χ4v) is 1.83. The molecular weight excluding hydrogens is 186 g/mol. The summed E-state index contributed by atoms with van der Waals surface area (Å²) in [6.45, 7) is 3.73. The Kier molecular flexibility index (Phi) is 3.02. The van der Waals surface area contributed by atoms with E-state index in [-0.39, 0.29) is 12.6 Å². The lowest BCUT2D eigenvalue weighted by Gasteiger charge is -2.24. The van der Waals surface area contributed by atoms with Crippen molar-refractivity contribution in [2.24, 2.45) is 11.5 Å². The van der Waals surface area contributed by atoms with E-state index in [1.807, 2.05) is 13.8 Å². The molecule has 74 valence electrons. The predicted molar refractivity (Wildman–Crippen MR) is 53.2 cm³/mol. The quantitative estimate of drug-likeness (QED) is 0.659. The molecular formula is C8H15N3OS. The molecule has 0 saturated carbocycles. The van der Waals surface area contributed by atoms with Gasteiger partial charge in [-0.25, -0.2) is 4.98 Å². The first-order valence-corrected chi connectivity index (χ1v) is 4.86. The Morgan fingerprint density at radius 1 is 1.69 bits per heavy atom. The highest BCUT2D eigenvalue weighted by Crippen LogP contribution is 2.24. The lowest BCUT2D eigenvalue weighted by molar-refractivity contribution is 0.285. The molecule has 0 amide bonds. The van der Waals surface area contributed by atoms with Crippen LogP contribution in [0.5, 0.6) is 0 Å². The molecule has 0 fully saturated rings. The molecule has 1 rings (SSSR count). The molecule has 5 heteroatoms. The smallest absolute Gasteiger partial charge is 0.111 e. The molecule has 0 aliphatic heterocycles. The lowest BCUT2D eigenvalue weighted by Crippen LogP contribution is -2.43. The summed E-state index contributed by atoms with van der Waals surface area (Å²) in [5.41, 5.74) is 11.2. The van der Waals surface area contributed by atoms with Crippen LogP contribution in [-0.2, 0) is 6.61 Å². The Morgan fingerprint density at radius 2 is 2.31 bits per heavy atom. The highest BCUT2D eigenvalue weighted by Gasteiger charge is 2.25. The fourth-order valence-electron chi connectivity index (χ4n) is 0.858. The zero-order valence-electron chi connectivity index (χ0n) is 7.82. The molecule has 0 bridgehead atoms. The second kappa shape index (κ2) is 3.71. The molecule has 1 atom stereocenters. The SMILES string of the molecule is CC(C)(N)[C@H](N)c1ncc(CO)s1. The molecule has 4 nitrogen and oxygen atoms in total. The van der Waals surface area contributed by atoms with Crippen LogP contribution in [0.3, 0.4) is 0 Å². The van der Waals surface area contributed by atoms with Crippen molar-refractivity contribution in [1.29, 1.82) is 0 Å². The lowest BCUT2D eigenvalue weighted by atomic mass is 9.98. The summed E-state index contributed by atoms with van der Waals surface area (Å²) >= 11 is 1.40. The van der Waals surface area contributed by atoms with Gasteiger partial charge in [-0.2, -0.15) is 0 Å². The summed E-state index contributed by atoms with van der Waals surface area (Å²) < 4.78 is 0. The van der Waals surface area contributed by atoms with Gasteiger partial charge in [0.1, 0.15) is 5.01 Å². The summed E-state index contributed by atoms with van der Waals surface area (Å²) in [5, 5.41) is 9.61. The molecule has 1 heterocycles. The van der Waals surface area contributed by atoms with Crippen molar-refractivity contribution in [3.05, 3.63) is 16.1 Å². The molecule has 0 aromatic carbocycles. The second-order valence-electron chi connectivity index (χ2n) is 3.62. The Labute approximate surface area is 81.6 Å². The fraction of sp³-hybridized carbons (Fsp3) is 0.625. The molecule has 0 saturated heterocycles. The number of nitrogens with zero attached hydrogens (tertiary/aromatic N) is 1. The molecule has 0 radical (unpaired) electrons. The van der Waals surface area contributed by atoms with E-state index in [1.165, 1.54) is 11.3 Å². The molecule has 1 aromatic heterocycles. The number of aliphatic hydroxyl groups excluding tert-OH is 1. The van der Waals surface area contributed by atoms with Gasteiger partial charge >= 0.3 is 0 Å². The van der Waals surface area contributed by atoms with Gasteiger partial charge in [-0.05, 0) is 13.8 Å². The number of hydrogen-bond donors (Lipinski definition) is 3. The van der Waals surface area contributed by atoms with Crippen LogP contribution >= 0.6 is 11.3 Å². The van der Waals surface area contributed by atoms with Gasteiger partial charge in [-0.15, -0.1) is 11.3 Å². The van der Waals surface area contributed by atoms with Gasteiger partial charge in [-0.3, -0.25) is 0 Å². The molecule has 0 spiro atoms. The maximum Gasteiger partial charge on any atom is 0.111 e. The van der Waals surface area contributed by atoms with E-state index in [9.17, 15) is 0 Å². The average Bonchev–Trinajstić information content (AvgIpc) is 2.48. The molecule has 0 aliphatic carbocycles. The van der Waals surface area contributed by atoms with E-state index in [0.29, 0.717) is 0 Å². The van der Waals surface area contributed by atoms with E-state index in [0.717, 1.165) is 9.88 Å². The maximum absolute atomic E-state index is 8.83. The molecule has 1 aromatic rings. The van der Waals surface area contributed by atoms with E-state index in [2.05, 4.69) is 4.98 Å². The van der Waals surface area contributed by atoms with Gasteiger partial charge in [0.25, 0.3) is 0 Å². The maximum atomic E-state index is 8.83. The Hall–Kier alpha value is -0.490. The number of thiazole rings is 1. The van der Waals surface area contributed by atoms with Crippen LogP contribution in [0.1, 0.15) is 29.8 Å². The summed E-state index contributed by atoms with van der Waals surface area (Å²) in [6.07, 6.45) is 1.63. The minimum absolute atomic E-state index is 0.00931. The predicted octanol–water partition coefficient (Wildman–Crippen LogP) is 0.372. The van der Waals surface area contributed by atoms with Gasteiger partial charge in [-0.1, -0.05) is 0 Å². The van der Waals surface area contributed by atoms with E-state index >= 15 is 0 Å². The minimum Gasteiger partial charge on any atom is -0.391 e. The van der Waals surface area contributed by atoms with Crippen molar-refractivity contribution in [1.82, 2.24) is 4.98 Å². The molecule has 5 N–H and O–H groups in total. The number of rotatable bonds is 3. The first-order valence-electron chi connectivity index (χ1n) is 4.05. The Morgan fingerprint density at radius 3 is 2.69 bits per heavy atom. The Balaban J connectivity index is 2.83. The van der Waals surface area contributed by atoms with Gasteiger partial charge in [0, 0.05) is 11.7 Å². The van der Waals surface area contributed by atoms with Gasteiger partial charge < -0.3 is 16.6 Å². The zero-order valence-corrected chi connectivity index (χ0v) is 8.64. The number of hydrogen-bond acceptors (Lipinski definition) is 5. The third-order valence-electron chi connectivity index (χ3n) is 1.79. The van der Waals surface area contributed by atoms with Crippen LogP contribution in [0.4, 0.5) is 0 Å². The summed E-state index contributed by atoms with van der Waals surface area (Å²) in [4.78, 5) is 4.92. The normalized spacial score (nSPS) is 14.5. The number of nitrogens with two attached hydrogens (primary N) is 2. The zero-order chi connectivity index (χ0) is 10.1. The summed E-state index contributed by atoms with van der Waals surface area (Å²) in [7, 11) is 0. The standard InChI is InChI=1S/C8H15N3OS/c1-8(2,10)6(9)7-11-3-5(4-12)13-7/h3,6,12H,4,9-10H2,1-2H3/t6-/m1/s1. The molecule has 0 unspecified atom stereocenters. The van der Waals surface area contributed by atoms with Crippen LogP contribution in [0.2, 0.25) is 0 Å². The van der Waals surface area contributed by atoms with Crippen molar-refractivity contribution in [3.8, 4) is 0 Å². The average molecular weight is 201 g/mol. The van der Waals surface area contributed by atoms with Crippen molar-refractivity contribution in [2.75, 3.05) is 0 Å². The van der Waals surface area contributed by atoms with E-state index in [4.69, 9.17) is 16.6 Å². The van der Waals surface area contributed by atoms with Crippen LogP contribution in [-0.4, -0.2) is 15.6 Å². The van der Waals surface area contributed by atoms with Crippen molar-refractivity contribution in [2.45, 2.75) is 32.0 Å². The van der Waals surface area contributed by atoms with E-state index in [1.54, 1.807) is 6.20 Å². The topological polar surface area (TPSA) is 85.2 Å². The highest BCUT2D eigenvalue weighted by molar-refractivity contribution is 7.11. The van der Waals surface area contributed by atoms with Crippen molar-refractivity contribution < 1.29 is 5.11 Å². The van der Waals surface area contributed by atoms with Crippen molar-refractivity contribution in [3.63, 3.8) is 0 Å². The van der Waals surface area contributed by atoms with Crippen LogP contribution < -0.4 is 11.5 Å². The largest absolute Gasteiger partial charge is 0.391 e. The van der Waals surface area contributed by atoms with Gasteiger partial charge in [0.2, 0.25) is 0 Å². The number of aliphatic hydroxyl groups is 1. The Bertz CT molecular complexity index is 279. The second-order valence-corrected chi connectivity index (χ2v) is 4.77. The minimum atomic E-state index is -0.482. The van der Waals surface area contributed by atoms with Crippen LogP contribution in [0, 0.1) is 0 Å². The third-order valence-corrected chi connectivity index (χ3v) is 2.86. The molecule has 13 heavy (non-hydrogen) atoms. The highest BCUT2D eigenvalue weighted by atomic mass is 32.1. The van der Waals surface area contributed by atoms with Gasteiger partial charge in [0.15, 0.2) is 0 Å². The summed E-state index contributed by atoms with van der Waals surface area (Å²) in [5.74, 6) is 0. The van der Waals surface area contributed by atoms with Gasteiger partial charge in [0.05, 0.1) is 17.5 Å². The molecule has 0 aliphatic rings. The first-order chi connectivity index (χ1) is 5.95. The van der Waals surface area contributed by atoms with Crippen molar-refractivity contribution >= 4 is 11.3 Å². The number of aromatic nitrogens is 1.